The van der Waals surface area contributed by atoms with Gasteiger partial charge in [-0.05, 0) is 36.6 Å². The molecule has 0 atom stereocenters. The highest BCUT2D eigenvalue weighted by molar-refractivity contribution is 5.72. The van der Waals surface area contributed by atoms with Crippen LogP contribution in [-0.4, -0.2) is 21.7 Å². The van der Waals surface area contributed by atoms with Gasteiger partial charge in [0.05, 0.1) is 6.61 Å². The summed E-state index contributed by atoms with van der Waals surface area (Å²) in [5.41, 5.74) is 4.88. The number of rotatable bonds is 7. The average molecular weight is 349 g/mol. The van der Waals surface area contributed by atoms with Crippen molar-refractivity contribution in [2.75, 3.05) is 6.61 Å². The molecule has 0 saturated carbocycles. The summed E-state index contributed by atoms with van der Waals surface area (Å²) in [5.74, 6) is 1.23. The Morgan fingerprint density at radius 3 is 2.69 bits per heavy atom. The van der Waals surface area contributed by atoms with E-state index in [0.29, 0.717) is 31.3 Å². The van der Waals surface area contributed by atoms with E-state index < -0.39 is 0 Å². The van der Waals surface area contributed by atoms with E-state index in [2.05, 4.69) is 15.1 Å². The second-order valence-corrected chi connectivity index (χ2v) is 6.00. The lowest BCUT2D eigenvalue weighted by atomic mass is 10.1. The topological polar surface area (TPSA) is 74.2 Å². The summed E-state index contributed by atoms with van der Waals surface area (Å²) in [5, 5.41) is 4.09. The fourth-order valence-corrected chi connectivity index (χ4v) is 2.75. The molecule has 0 N–H and O–H groups in total. The third kappa shape index (κ3) is 3.65. The van der Waals surface area contributed by atoms with Crippen molar-refractivity contribution in [2.45, 2.75) is 26.4 Å². The molecule has 0 amide bonds. The lowest BCUT2D eigenvalue weighted by Crippen LogP contribution is -1.92. The summed E-state index contributed by atoms with van der Waals surface area (Å²) < 4.78 is 16.1. The molecule has 0 aliphatic heterocycles. The second-order valence-electron chi connectivity index (χ2n) is 6.00. The SMILES string of the molecule is CCOCc1ccc(-c2noc(CCc3ccc4ocnc4c3)n2)cc1. The Kier molecular flexibility index (Phi) is 4.75. The van der Waals surface area contributed by atoms with Crippen LogP contribution in [0.15, 0.2) is 57.8 Å². The monoisotopic (exact) mass is 349 g/mol. The summed E-state index contributed by atoms with van der Waals surface area (Å²) >= 11 is 0. The summed E-state index contributed by atoms with van der Waals surface area (Å²) in [6.07, 6.45) is 2.94. The number of aryl methyl sites for hydroxylation is 2. The maximum absolute atomic E-state index is 5.40. The number of hydrogen-bond acceptors (Lipinski definition) is 6. The van der Waals surface area contributed by atoms with Crippen LogP contribution in [0.25, 0.3) is 22.5 Å². The minimum absolute atomic E-state index is 0.606. The fourth-order valence-electron chi connectivity index (χ4n) is 2.75. The molecule has 0 unspecified atom stereocenters. The molecule has 132 valence electrons. The van der Waals surface area contributed by atoms with Gasteiger partial charge in [-0.1, -0.05) is 35.5 Å². The number of hydrogen-bond donors (Lipinski definition) is 0. The van der Waals surface area contributed by atoms with Gasteiger partial charge in [0.1, 0.15) is 5.52 Å². The van der Waals surface area contributed by atoms with Gasteiger partial charge in [0.15, 0.2) is 12.0 Å². The lowest BCUT2D eigenvalue weighted by Gasteiger charge is -2.01. The molecular weight excluding hydrogens is 330 g/mol. The summed E-state index contributed by atoms with van der Waals surface area (Å²) in [6.45, 7) is 3.31. The first-order valence-corrected chi connectivity index (χ1v) is 8.63. The maximum atomic E-state index is 5.40. The summed E-state index contributed by atoms with van der Waals surface area (Å²) in [7, 11) is 0. The first kappa shape index (κ1) is 16.5. The first-order valence-electron chi connectivity index (χ1n) is 8.63. The molecule has 0 spiro atoms. The number of fused-ring (bicyclic) bond motifs is 1. The Balaban J connectivity index is 1.40. The molecule has 2 heterocycles. The van der Waals surface area contributed by atoms with Crippen molar-refractivity contribution in [1.82, 2.24) is 15.1 Å². The van der Waals surface area contributed by atoms with E-state index in [1.54, 1.807) is 0 Å². The molecule has 0 saturated heterocycles. The predicted octanol–water partition coefficient (Wildman–Crippen LogP) is 4.20. The van der Waals surface area contributed by atoms with Crippen LogP contribution in [0, 0.1) is 0 Å². The fraction of sp³-hybridized carbons (Fsp3) is 0.250. The van der Waals surface area contributed by atoms with Crippen molar-refractivity contribution in [3.63, 3.8) is 0 Å². The molecule has 26 heavy (non-hydrogen) atoms. The van der Waals surface area contributed by atoms with Gasteiger partial charge < -0.3 is 13.7 Å². The van der Waals surface area contributed by atoms with Gasteiger partial charge in [0.2, 0.25) is 11.7 Å². The van der Waals surface area contributed by atoms with Crippen LogP contribution >= 0.6 is 0 Å². The van der Waals surface area contributed by atoms with Gasteiger partial charge in [-0.2, -0.15) is 4.98 Å². The standard InChI is InChI=1S/C20H19N3O3/c1-2-24-12-15-3-7-16(8-4-15)20-22-19(26-23-20)10-6-14-5-9-18-17(11-14)21-13-25-18/h3-5,7-9,11,13H,2,6,10,12H2,1H3. The third-order valence-electron chi connectivity index (χ3n) is 4.18. The molecule has 4 rings (SSSR count). The van der Waals surface area contributed by atoms with Crippen molar-refractivity contribution in [3.8, 4) is 11.4 Å². The van der Waals surface area contributed by atoms with E-state index >= 15 is 0 Å². The third-order valence-corrected chi connectivity index (χ3v) is 4.18. The number of benzene rings is 2. The summed E-state index contributed by atoms with van der Waals surface area (Å²) in [6, 6.07) is 14.0. The largest absolute Gasteiger partial charge is 0.443 e. The minimum Gasteiger partial charge on any atom is -0.443 e. The predicted molar refractivity (Wildman–Crippen MR) is 96.5 cm³/mol. The zero-order chi connectivity index (χ0) is 17.8. The van der Waals surface area contributed by atoms with Gasteiger partial charge in [-0.25, -0.2) is 4.98 Å². The zero-order valence-corrected chi connectivity index (χ0v) is 14.5. The van der Waals surface area contributed by atoms with Crippen molar-refractivity contribution < 1.29 is 13.7 Å². The number of aromatic nitrogens is 3. The molecule has 0 bridgehead atoms. The lowest BCUT2D eigenvalue weighted by molar-refractivity contribution is 0.134. The molecule has 6 nitrogen and oxygen atoms in total. The molecular formula is C20H19N3O3. The number of nitrogens with zero attached hydrogens (tertiary/aromatic N) is 3. The highest BCUT2D eigenvalue weighted by Crippen LogP contribution is 2.19. The number of oxazole rings is 1. The Labute approximate surface area is 150 Å². The van der Waals surface area contributed by atoms with Crippen LogP contribution in [0.2, 0.25) is 0 Å². The number of ether oxygens (including phenoxy) is 1. The average Bonchev–Trinajstić information content (AvgIpc) is 3.34. The van der Waals surface area contributed by atoms with Crippen LogP contribution in [-0.2, 0) is 24.2 Å². The normalized spacial score (nSPS) is 11.3. The van der Waals surface area contributed by atoms with E-state index in [0.717, 1.165) is 34.2 Å². The van der Waals surface area contributed by atoms with Crippen LogP contribution in [0.5, 0.6) is 0 Å². The first-order chi connectivity index (χ1) is 12.8. The molecule has 0 aliphatic rings. The second kappa shape index (κ2) is 7.49. The highest BCUT2D eigenvalue weighted by Gasteiger charge is 2.09. The van der Waals surface area contributed by atoms with Crippen LogP contribution in [0.3, 0.4) is 0 Å². The molecule has 2 aromatic carbocycles. The van der Waals surface area contributed by atoms with Gasteiger partial charge >= 0.3 is 0 Å². The molecule has 0 aliphatic carbocycles. The quantitative estimate of drug-likeness (QED) is 0.498. The van der Waals surface area contributed by atoms with Crippen molar-refractivity contribution in [2.24, 2.45) is 0 Å². The van der Waals surface area contributed by atoms with E-state index in [1.807, 2.05) is 49.4 Å². The van der Waals surface area contributed by atoms with Crippen LogP contribution in [0.4, 0.5) is 0 Å². The summed E-state index contributed by atoms with van der Waals surface area (Å²) in [4.78, 5) is 8.67. The van der Waals surface area contributed by atoms with E-state index in [1.165, 1.54) is 6.39 Å². The molecule has 4 aromatic rings. The van der Waals surface area contributed by atoms with Crippen LogP contribution < -0.4 is 0 Å². The zero-order valence-electron chi connectivity index (χ0n) is 14.5. The Morgan fingerprint density at radius 1 is 1.00 bits per heavy atom. The highest BCUT2D eigenvalue weighted by atomic mass is 16.5. The maximum Gasteiger partial charge on any atom is 0.227 e. The minimum atomic E-state index is 0.606. The molecule has 6 heteroatoms. The van der Waals surface area contributed by atoms with E-state index in [4.69, 9.17) is 13.7 Å². The smallest absolute Gasteiger partial charge is 0.227 e. The molecule has 2 aromatic heterocycles. The molecule has 0 radical (unpaired) electrons. The molecule has 0 fully saturated rings. The van der Waals surface area contributed by atoms with Gasteiger partial charge in [0.25, 0.3) is 0 Å². The van der Waals surface area contributed by atoms with E-state index in [9.17, 15) is 0 Å². The van der Waals surface area contributed by atoms with Crippen LogP contribution in [0.1, 0.15) is 23.9 Å². The van der Waals surface area contributed by atoms with Crippen molar-refractivity contribution in [3.05, 3.63) is 65.9 Å². The van der Waals surface area contributed by atoms with Crippen molar-refractivity contribution in [1.29, 1.82) is 0 Å². The van der Waals surface area contributed by atoms with Gasteiger partial charge in [-0.3, -0.25) is 0 Å². The Morgan fingerprint density at radius 2 is 1.85 bits per heavy atom. The Bertz CT molecular complexity index is 989. The Hall–Kier alpha value is -2.99. The van der Waals surface area contributed by atoms with Gasteiger partial charge in [-0.15, -0.1) is 0 Å². The van der Waals surface area contributed by atoms with Gasteiger partial charge in [0, 0.05) is 18.6 Å². The van der Waals surface area contributed by atoms with E-state index in [-0.39, 0.29) is 0 Å². The van der Waals surface area contributed by atoms with Crippen molar-refractivity contribution >= 4 is 11.1 Å².